The van der Waals surface area contributed by atoms with Crippen molar-refractivity contribution < 1.29 is 22.8 Å². The van der Waals surface area contributed by atoms with Crippen molar-refractivity contribution in [3.05, 3.63) is 94.0 Å². The summed E-state index contributed by atoms with van der Waals surface area (Å²) in [5.41, 5.74) is 0.297. The first-order chi connectivity index (χ1) is 17.0. The van der Waals surface area contributed by atoms with Gasteiger partial charge in [0.15, 0.2) is 5.11 Å². The minimum absolute atomic E-state index is 0.00133. The highest BCUT2D eigenvalue weighted by Gasteiger charge is 2.44. The first-order valence-electron chi connectivity index (χ1n) is 10.6. The minimum atomic E-state index is -4.60. The number of hydrogen-bond donors (Lipinski definition) is 1. The summed E-state index contributed by atoms with van der Waals surface area (Å²) in [5, 5.41) is 3.71. The molecule has 0 bridgehead atoms. The Bertz CT molecular complexity index is 1300. The van der Waals surface area contributed by atoms with Crippen LogP contribution in [-0.4, -0.2) is 27.9 Å². The molecule has 1 aliphatic rings. The topological polar surface area (TPSA) is 52.7 Å². The Kier molecular flexibility index (Phi) is 7.54. The van der Waals surface area contributed by atoms with E-state index >= 15 is 0 Å². The zero-order chi connectivity index (χ0) is 26.0. The standard InChI is InChI=1S/C25H18Cl2F3N3O2S/c26-17-6-4-15(5-7-17)14-32-21(13-22(34)31-19-10-8-18(27)9-11-19)23(35)33(24(32)36)20-3-1-2-16(12-20)25(28,29)30/h1-12,21H,13-14H2,(H,31,34). The zero-order valence-electron chi connectivity index (χ0n) is 18.4. The van der Waals surface area contributed by atoms with Gasteiger partial charge >= 0.3 is 6.18 Å². The summed E-state index contributed by atoms with van der Waals surface area (Å²) in [4.78, 5) is 28.9. The van der Waals surface area contributed by atoms with Crippen molar-refractivity contribution in [1.29, 1.82) is 0 Å². The Labute approximate surface area is 220 Å². The van der Waals surface area contributed by atoms with Crippen LogP contribution in [0, 0.1) is 0 Å². The third kappa shape index (κ3) is 5.80. The summed E-state index contributed by atoms with van der Waals surface area (Å²) in [6, 6.07) is 16.6. The molecule has 186 valence electrons. The second-order valence-electron chi connectivity index (χ2n) is 8.03. The van der Waals surface area contributed by atoms with Crippen LogP contribution in [0.2, 0.25) is 10.0 Å². The van der Waals surface area contributed by atoms with E-state index in [0.29, 0.717) is 15.7 Å². The molecule has 0 aromatic heterocycles. The molecular formula is C25H18Cl2F3N3O2S. The van der Waals surface area contributed by atoms with Crippen LogP contribution in [0.4, 0.5) is 24.5 Å². The molecule has 0 saturated carbocycles. The van der Waals surface area contributed by atoms with Crippen LogP contribution in [0.15, 0.2) is 72.8 Å². The zero-order valence-corrected chi connectivity index (χ0v) is 20.8. The Morgan fingerprint density at radius 3 is 2.19 bits per heavy atom. The summed E-state index contributed by atoms with van der Waals surface area (Å²) in [6.07, 6.45) is -4.87. The number of benzene rings is 3. The normalized spacial score (nSPS) is 16.0. The number of nitrogens with one attached hydrogen (secondary N) is 1. The van der Waals surface area contributed by atoms with Crippen molar-refractivity contribution in [3.8, 4) is 0 Å². The average molecular weight is 552 g/mol. The van der Waals surface area contributed by atoms with Gasteiger partial charge < -0.3 is 10.2 Å². The molecule has 1 atom stereocenters. The van der Waals surface area contributed by atoms with Crippen LogP contribution in [0.3, 0.4) is 0 Å². The molecule has 0 radical (unpaired) electrons. The lowest BCUT2D eigenvalue weighted by Gasteiger charge is -2.24. The molecule has 1 heterocycles. The lowest BCUT2D eigenvalue weighted by molar-refractivity contribution is -0.137. The molecule has 4 rings (SSSR count). The second-order valence-corrected chi connectivity index (χ2v) is 9.27. The molecule has 1 aliphatic heterocycles. The lowest BCUT2D eigenvalue weighted by atomic mass is 10.1. The van der Waals surface area contributed by atoms with E-state index in [1.165, 1.54) is 17.0 Å². The fourth-order valence-electron chi connectivity index (χ4n) is 3.78. The van der Waals surface area contributed by atoms with E-state index in [0.717, 1.165) is 22.6 Å². The van der Waals surface area contributed by atoms with E-state index in [9.17, 15) is 22.8 Å². The maximum Gasteiger partial charge on any atom is 0.416 e. The number of hydrogen-bond acceptors (Lipinski definition) is 3. The van der Waals surface area contributed by atoms with Crippen molar-refractivity contribution >= 4 is 63.7 Å². The highest BCUT2D eigenvalue weighted by Crippen LogP contribution is 2.34. The molecule has 5 nitrogen and oxygen atoms in total. The van der Waals surface area contributed by atoms with Crippen molar-refractivity contribution in [2.45, 2.75) is 25.2 Å². The number of alkyl halides is 3. The minimum Gasteiger partial charge on any atom is -0.332 e. The van der Waals surface area contributed by atoms with Gasteiger partial charge in [0, 0.05) is 22.3 Å². The third-order valence-electron chi connectivity index (χ3n) is 5.52. The summed E-state index contributed by atoms with van der Waals surface area (Å²) < 4.78 is 39.9. The molecule has 2 amide bonds. The maximum absolute atomic E-state index is 13.5. The van der Waals surface area contributed by atoms with Gasteiger partial charge in [0.1, 0.15) is 6.04 Å². The van der Waals surface area contributed by atoms with Gasteiger partial charge in [-0.3, -0.25) is 14.5 Å². The molecule has 3 aromatic rings. The van der Waals surface area contributed by atoms with E-state index in [-0.39, 0.29) is 23.8 Å². The fourth-order valence-corrected chi connectivity index (χ4v) is 4.42. The van der Waals surface area contributed by atoms with Gasteiger partial charge in [0.2, 0.25) is 5.91 Å². The van der Waals surface area contributed by atoms with E-state index in [2.05, 4.69) is 5.32 Å². The third-order valence-corrected chi connectivity index (χ3v) is 6.44. The van der Waals surface area contributed by atoms with Crippen LogP contribution >= 0.6 is 35.4 Å². The first kappa shape index (κ1) is 25.9. The molecule has 1 N–H and O–H groups in total. The van der Waals surface area contributed by atoms with Crippen molar-refractivity contribution in [2.24, 2.45) is 0 Å². The van der Waals surface area contributed by atoms with Crippen molar-refractivity contribution in [2.75, 3.05) is 10.2 Å². The number of anilines is 2. The van der Waals surface area contributed by atoms with Gasteiger partial charge in [-0.15, -0.1) is 0 Å². The smallest absolute Gasteiger partial charge is 0.332 e. The van der Waals surface area contributed by atoms with Gasteiger partial charge in [-0.25, -0.2) is 0 Å². The van der Waals surface area contributed by atoms with Crippen LogP contribution in [-0.2, 0) is 22.3 Å². The summed E-state index contributed by atoms with van der Waals surface area (Å²) >= 11 is 17.4. The van der Waals surface area contributed by atoms with Crippen LogP contribution in [0.5, 0.6) is 0 Å². The fraction of sp³-hybridized carbons (Fsp3) is 0.160. The lowest BCUT2D eigenvalue weighted by Crippen LogP contribution is -2.37. The monoisotopic (exact) mass is 551 g/mol. The Morgan fingerprint density at radius 2 is 1.58 bits per heavy atom. The largest absolute Gasteiger partial charge is 0.416 e. The van der Waals surface area contributed by atoms with Crippen LogP contribution in [0.1, 0.15) is 17.5 Å². The highest BCUT2D eigenvalue weighted by atomic mass is 35.5. The quantitative estimate of drug-likeness (QED) is 0.353. The molecule has 3 aromatic carbocycles. The van der Waals surface area contributed by atoms with E-state index in [4.69, 9.17) is 35.4 Å². The molecule has 36 heavy (non-hydrogen) atoms. The number of halogens is 5. The Balaban J connectivity index is 1.63. The number of carbonyl (C=O) groups is 2. The number of thiocarbonyl (C=S) groups is 1. The van der Waals surface area contributed by atoms with Gasteiger partial charge in [-0.2, -0.15) is 13.2 Å². The summed E-state index contributed by atoms with van der Waals surface area (Å²) in [6.45, 7) is 0.149. The van der Waals surface area contributed by atoms with Gasteiger partial charge in [0.25, 0.3) is 5.91 Å². The van der Waals surface area contributed by atoms with Gasteiger partial charge in [0.05, 0.1) is 17.7 Å². The predicted molar refractivity (Wildman–Crippen MR) is 137 cm³/mol. The van der Waals surface area contributed by atoms with Gasteiger partial charge in [-0.05, 0) is 72.4 Å². The Morgan fingerprint density at radius 1 is 0.972 bits per heavy atom. The summed E-state index contributed by atoms with van der Waals surface area (Å²) in [5.74, 6) is -1.06. The Hall–Kier alpha value is -3.14. The predicted octanol–water partition coefficient (Wildman–Crippen LogP) is 6.54. The highest BCUT2D eigenvalue weighted by molar-refractivity contribution is 7.80. The SMILES string of the molecule is O=C(CC1C(=O)N(c2cccc(C(F)(F)F)c2)C(=S)N1Cc1ccc(Cl)cc1)Nc1ccc(Cl)cc1. The van der Waals surface area contributed by atoms with E-state index < -0.39 is 29.6 Å². The van der Waals surface area contributed by atoms with E-state index in [1.54, 1.807) is 48.5 Å². The molecule has 11 heteroatoms. The summed E-state index contributed by atoms with van der Waals surface area (Å²) in [7, 11) is 0. The van der Waals surface area contributed by atoms with Crippen molar-refractivity contribution in [3.63, 3.8) is 0 Å². The average Bonchev–Trinajstić information content (AvgIpc) is 3.05. The second kappa shape index (κ2) is 10.5. The molecule has 0 aliphatic carbocycles. The van der Waals surface area contributed by atoms with E-state index in [1.807, 2.05) is 0 Å². The number of nitrogens with zero attached hydrogens (tertiary/aromatic N) is 2. The van der Waals surface area contributed by atoms with Crippen LogP contribution in [0.25, 0.3) is 0 Å². The molecule has 1 fully saturated rings. The van der Waals surface area contributed by atoms with Gasteiger partial charge in [-0.1, -0.05) is 41.4 Å². The number of rotatable bonds is 6. The number of amides is 2. The molecular weight excluding hydrogens is 534 g/mol. The molecule has 1 saturated heterocycles. The molecule has 1 unspecified atom stereocenters. The molecule has 0 spiro atoms. The maximum atomic E-state index is 13.5. The number of carbonyl (C=O) groups excluding carboxylic acids is 2. The van der Waals surface area contributed by atoms with Crippen molar-refractivity contribution in [1.82, 2.24) is 4.90 Å². The first-order valence-corrected chi connectivity index (χ1v) is 11.8. The van der Waals surface area contributed by atoms with Crippen LogP contribution < -0.4 is 10.2 Å².